The SMILES string of the molecule is NC(=O)C1CCN(C(=O)C[C@@H]2CCCN(N)C2)C1. The Hall–Kier alpha value is -1.14. The monoisotopic (exact) mass is 254 g/mol. The minimum absolute atomic E-state index is 0.138. The van der Waals surface area contributed by atoms with Crippen molar-refractivity contribution >= 4 is 11.8 Å². The van der Waals surface area contributed by atoms with Crippen LogP contribution in [-0.4, -0.2) is 47.9 Å². The van der Waals surface area contributed by atoms with Crippen molar-refractivity contribution < 1.29 is 9.59 Å². The lowest BCUT2D eigenvalue weighted by atomic mass is 9.95. The summed E-state index contributed by atoms with van der Waals surface area (Å²) in [6, 6.07) is 0. The van der Waals surface area contributed by atoms with Gasteiger partial charge in [0, 0.05) is 32.6 Å². The summed E-state index contributed by atoms with van der Waals surface area (Å²) in [5, 5.41) is 1.79. The molecule has 102 valence electrons. The zero-order valence-electron chi connectivity index (χ0n) is 10.7. The van der Waals surface area contributed by atoms with E-state index in [-0.39, 0.29) is 17.7 Å². The van der Waals surface area contributed by atoms with Gasteiger partial charge in [-0.05, 0) is 25.2 Å². The number of carbonyl (C=O) groups excluding carboxylic acids is 2. The average molecular weight is 254 g/mol. The van der Waals surface area contributed by atoms with E-state index in [1.165, 1.54) is 0 Å². The van der Waals surface area contributed by atoms with E-state index in [0.29, 0.717) is 31.8 Å². The van der Waals surface area contributed by atoms with E-state index in [4.69, 9.17) is 11.6 Å². The molecule has 0 bridgehead atoms. The number of rotatable bonds is 3. The molecule has 0 saturated carbocycles. The van der Waals surface area contributed by atoms with E-state index >= 15 is 0 Å². The molecule has 2 atom stereocenters. The third-order valence-electron chi connectivity index (χ3n) is 3.96. The van der Waals surface area contributed by atoms with Gasteiger partial charge in [0.05, 0.1) is 5.92 Å². The molecule has 0 aromatic rings. The molecule has 6 heteroatoms. The molecule has 0 aliphatic carbocycles. The fourth-order valence-electron chi connectivity index (χ4n) is 2.86. The Morgan fingerprint density at radius 3 is 2.56 bits per heavy atom. The van der Waals surface area contributed by atoms with Crippen LogP contribution in [0.5, 0.6) is 0 Å². The van der Waals surface area contributed by atoms with Crippen molar-refractivity contribution in [3.05, 3.63) is 0 Å². The Kier molecular flexibility index (Phi) is 4.19. The van der Waals surface area contributed by atoms with Crippen LogP contribution in [0.15, 0.2) is 0 Å². The van der Waals surface area contributed by atoms with Gasteiger partial charge in [-0.2, -0.15) is 0 Å². The van der Waals surface area contributed by atoms with Crippen LogP contribution in [0, 0.1) is 11.8 Å². The van der Waals surface area contributed by atoms with Gasteiger partial charge in [0.15, 0.2) is 0 Å². The first kappa shape index (κ1) is 13.3. The second-order valence-corrected chi connectivity index (χ2v) is 5.44. The molecule has 2 amide bonds. The molecule has 2 fully saturated rings. The molecular weight excluding hydrogens is 232 g/mol. The highest BCUT2D eigenvalue weighted by molar-refractivity contribution is 5.81. The zero-order valence-corrected chi connectivity index (χ0v) is 10.7. The van der Waals surface area contributed by atoms with E-state index in [9.17, 15) is 9.59 Å². The third kappa shape index (κ3) is 3.20. The van der Waals surface area contributed by atoms with Gasteiger partial charge in [0.2, 0.25) is 11.8 Å². The van der Waals surface area contributed by atoms with Crippen molar-refractivity contribution in [2.24, 2.45) is 23.4 Å². The molecule has 2 aliphatic rings. The summed E-state index contributed by atoms with van der Waals surface area (Å²) in [6.07, 6.45) is 3.36. The second-order valence-electron chi connectivity index (χ2n) is 5.44. The van der Waals surface area contributed by atoms with Crippen LogP contribution in [0.3, 0.4) is 0 Å². The molecule has 6 nitrogen and oxygen atoms in total. The summed E-state index contributed by atoms with van der Waals surface area (Å²) >= 11 is 0. The number of hydrogen-bond acceptors (Lipinski definition) is 4. The van der Waals surface area contributed by atoms with Gasteiger partial charge in [-0.3, -0.25) is 15.4 Å². The maximum Gasteiger partial charge on any atom is 0.222 e. The van der Waals surface area contributed by atoms with E-state index in [1.807, 2.05) is 0 Å². The Balaban J connectivity index is 1.80. The summed E-state index contributed by atoms with van der Waals surface area (Å²) < 4.78 is 0. The lowest BCUT2D eigenvalue weighted by Gasteiger charge is -2.29. The Bertz CT molecular complexity index is 334. The normalized spacial score (nSPS) is 29.5. The molecule has 0 spiro atoms. The lowest BCUT2D eigenvalue weighted by molar-refractivity contribution is -0.131. The first-order chi connectivity index (χ1) is 8.56. The molecule has 0 aromatic heterocycles. The van der Waals surface area contributed by atoms with Crippen LogP contribution >= 0.6 is 0 Å². The second kappa shape index (κ2) is 5.67. The van der Waals surface area contributed by atoms with Crippen molar-refractivity contribution in [1.82, 2.24) is 9.91 Å². The van der Waals surface area contributed by atoms with Crippen molar-refractivity contribution in [2.45, 2.75) is 25.7 Å². The molecule has 0 aromatic carbocycles. The van der Waals surface area contributed by atoms with Crippen molar-refractivity contribution in [3.63, 3.8) is 0 Å². The van der Waals surface area contributed by atoms with Crippen LogP contribution in [0.4, 0.5) is 0 Å². The Morgan fingerprint density at radius 1 is 1.17 bits per heavy atom. The van der Waals surface area contributed by atoms with Gasteiger partial charge in [0.25, 0.3) is 0 Å². The van der Waals surface area contributed by atoms with Crippen molar-refractivity contribution in [3.8, 4) is 0 Å². The van der Waals surface area contributed by atoms with E-state index < -0.39 is 0 Å². The number of nitrogens with two attached hydrogens (primary N) is 2. The fourth-order valence-corrected chi connectivity index (χ4v) is 2.86. The summed E-state index contributed by atoms with van der Waals surface area (Å²) in [5.41, 5.74) is 5.26. The molecular formula is C12H22N4O2. The van der Waals surface area contributed by atoms with Gasteiger partial charge in [-0.1, -0.05) is 0 Å². The lowest BCUT2D eigenvalue weighted by Crippen LogP contribution is -2.42. The number of amides is 2. The van der Waals surface area contributed by atoms with Crippen LogP contribution in [-0.2, 0) is 9.59 Å². The number of hydrazine groups is 1. The van der Waals surface area contributed by atoms with Gasteiger partial charge < -0.3 is 10.6 Å². The zero-order chi connectivity index (χ0) is 13.1. The highest BCUT2D eigenvalue weighted by Crippen LogP contribution is 2.22. The largest absolute Gasteiger partial charge is 0.369 e. The number of carbonyl (C=O) groups is 2. The third-order valence-corrected chi connectivity index (χ3v) is 3.96. The minimum atomic E-state index is -0.295. The topological polar surface area (TPSA) is 92.7 Å². The number of hydrogen-bond donors (Lipinski definition) is 2. The number of piperidine rings is 1. The summed E-state index contributed by atoms with van der Waals surface area (Å²) in [7, 11) is 0. The molecule has 1 unspecified atom stereocenters. The fraction of sp³-hybridized carbons (Fsp3) is 0.833. The number of primary amides is 1. The van der Waals surface area contributed by atoms with E-state index in [1.54, 1.807) is 9.91 Å². The Morgan fingerprint density at radius 2 is 1.94 bits per heavy atom. The standard InChI is InChI=1S/C12H22N4O2/c13-12(18)10-3-5-15(8-10)11(17)6-9-2-1-4-16(14)7-9/h9-10H,1-8,14H2,(H2,13,18)/t9-,10?/m0/s1. The van der Waals surface area contributed by atoms with Crippen LogP contribution in [0.2, 0.25) is 0 Å². The minimum Gasteiger partial charge on any atom is -0.369 e. The predicted molar refractivity (Wildman–Crippen MR) is 67.0 cm³/mol. The van der Waals surface area contributed by atoms with Gasteiger partial charge in [-0.15, -0.1) is 0 Å². The predicted octanol–water partition coefficient (Wildman–Crippen LogP) is -0.704. The Labute approximate surface area is 107 Å². The summed E-state index contributed by atoms with van der Waals surface area (Å²) in [5.74, 6) is 5.80. The molecule has 2 saturated heterocycles. The maximum absolute atomic E-state index is 12.1. The van der Waals surface area contributed by atoms with Crippen LogP contribution in [0.25, 0.3) is 0 Å². The molecule has 2 rings (SSSR count). The van der Waals surface area contributed by atoms with Gasteiger partial charge in [-0.25, -0.2) is 5.01 Å². The van der Waals surface area contributed by atoms with Crippen LogP contribution < -0.4 is 11.6 Å². The van der Waals surface area contributed by atoms with E-state index in [2.05, 4.69) is 0 Å². The first-order valence-corrected chi connectivity index (χ1v) is 6.63. The quantitative estimate of drug-likeness (QED) is 0.651. The summed E-state index contributed by atoms with van der Waals surface area (Å²) in [4.78, 5) is 24.9. The number of nitrogens with zero attached hydrogens (tertiary/aromatic N) is 2. The van der Waals surface area contributed by atoms with Crippen molar-refractivity contribution in [2.75, 3.05) is 26.2 Å². The van der Waals surface area contributed by atoms with Crippen molar-refractivity contribution in [1.29, 1.82) is 0 Å². The van der Waals surface area contributed by atoms with Gasteiger partial charge >= 0.3 is 0 Å². The van der Waals surface area contributed by atoms with Crippen LogP contribution in [0.1, 0.15) is 25.7 Å². The van der Waals surface area contributed by atoms with Gasteiger partial charge in [0.1, 0.15) is 0 Å². The first-order valence-electron chi connectivity index (χ1n) is 6.63. The highest BCUT2D eigenvalue weighted by Gasteiger charge is 2.31. The average Bonchev–Trinajstić information content (AvgIpc) is 2.78. The summed E-state index contributed by atoms with van der Waals surface area (Å²) in [6.45, 7) is 2.86. The molecule has 18 heavy (non-hydrogen) atoms. The molecule has 0 radical (unpaired) electrons. The van der Waals surface area contributed by atoms with E-state index in [0.717, 1.165) is 25.9 Å². The molecule has 2 heterocycles. The number of likely N-dealkylation sites (tertiary alicyclic amines) is 1. The molecule has 4 N–H and O–H groups in total. The smallest absolute Gasteiger partial charge is 0.222 e. The molecule has 2 aliphatic heterocycles. The maximum atomic E-state index is 12.1. The highest BCUT2D eigenvalue weighted by atomic mass is 16.2.